The van der Waals surface area contributed by atoms with E-state index in [9.17, 15) is 4.79 Å². The van der Waals surface area contributed by atoms with Crippen molar-refractivity contribution < 1.29 is 4.79 Å². The van der Waals surface area contributed by atoms with Crippen molar-refractivity contribution in [3.63, 3.8) is 0 Å². The Bertz CT molecular complexity index is 473. The number of hydrogen-bond donors (Lipinski definition) is 2. The van der Waals surface area contributed by atoms with Crippen LogP contribution in [0.2, 0.25) is 0 Å². The molecule has 110 valence electrons. The summed E-state index contributed by atoms with van der Waals surface area (Å²) in [5, 5.41) is 6.00. The number of urea groups is 1. The number of rotatable bonds is 3. The molecule has 2 amide bonds. The molecule has 1 saturated heterocycles. The van der Waals surface area contributed by atoms with E-state index in [4.69, 9.17) is 0 Å². The molecule has 1 heterocycles. The zero-order chi connectivity index (χ0) is 14.5. The molecule has 20 heavy (non-hydrogen) atoms. The summed E-state index contributed by atoms with van der Waals surface area (Å²) in [6, 6.07) is 6.14. The van der Waals surface area contributed by atoms with E-state index in [-0.39, 0.29) is 12.1 Å². The van der Waals surface area contributed by atoms with Crippen LogP contribution >= 0.6 is 0 Å². The van der Waals surface area contributed by atoms with Crippen LogP contribution in [0.1, 0.15) is 30.9 Å². The van der Waals surface area contributed by atoms with Crippen molar-refractivity contribution in [2.24, 2.45) is 0 Å². The van der Waals surface area contributed by atoms with E-state index < -0.39 is 0 Å². The number of piperidine rings is 1. The van der Waals surface area contributed by atoms with Gasteiger partial charge >= 0.3 is 6.03 Å². The van der Waals surface area contributed by atoms with Gasteiger partial charge in [0.15, 0.2) is 0 Å². The summed E-state index contributed by atoms with van der Waals surface area (Å²) in [6.45, 7) is 9.44. The average Bonchev–Trinajstić information content (AvgIpc) is 2.43. The Kier molecular flexibility index (Phi) is 5.01. The van der Waals surface area contributed by atoms with Crippen molar-refractivity contribution in [1.29, 1.82) is 0 Å². The third kappa shape index (κ3) is 3.97. The molecule has 1 atom stereocenters. The van der Waals surface area contributed by atoms with Gasteiger partial charge in [-0.1, -0.05) is 13.0 Å². The topological polar surface area (TPSA) is 44.4 Å². The van der Waals surface area contributed by atoms with E-state index in [2.05, 4.69) is 36.3 Å². The van der Waals surface area contributed by atoms with E-state index >= 15 is 0 Å². The molecule has 0 saturated carbocycles. The predicted octanol–water partition coefficient (Wildman–Crippen LogP) is 2.91. The average molecular weight is 275 g/mol. The minimum Gasteiger partial charge on any atom is -0.334 e. The second-order valence-corrected chi connectivity index (χ2v) is 5.63. The van der Waals surface area contributed by atoms with Gasteiger partial charge in [0.1, 0.15) is 0 Å². The summed E-state index contributed by atoms with van der Waals surface area (Å²) in [4.78, 5) is 14.4. The summed E-state index contributed by atoms with van der Waals surface area (Å²) in [6.07, 6.45) is 2.22. The molecule has 4 nitrogen and oxygen atoms in total. The lowest BCUT2D eigenvalue weighted by atomic mass is 10.1. The molecule has 0 radical (unpaired) electrons. The zero-order valence-corrected chi connectivity index (χ0v) is 12.7. The minimum atomic E-state index is -0.101. The molecule has 0 spiro atoms. The fourth-order valence-corrected chi connectivity index (χ4v) is 2.63. The Hall–Kier alpha value is -1.55. The number of nitrogens with zero attached hydrogens (tertiary/aromatic N) is 1. The maximum absolute atomic E-state index is 12.0. The van der Waals surface area contributed by atoms with Gasteiger partial charge in [-0.05, 0) is 63.0 Å². The first-order valence-corrected chi connectivity index (χ1v) is 7.45. The maximum Gasteiger partial charge on any atom is 0.319 e. The smallest absolute Gasteiger partial charge is 0.319 e. The molecule has 1 aromatic carbocycles. The Morgan fingerprint density at radius 1 is 1.35 bits per heavy atom. The van der Waals surface area contributed by atoms with Gasteiger partial charge in [0.05, 0.1) is 0 Å². The van der Waals surface area contributed by atoms with Crippen LogP contribution in [0, 0.1) is 13.8 Å². The SMILES string of the molecule is CCN1CCC[C@H](NC(=O)Nc2ccc(C)c(C)c2)C1. The molecule has 1 aliphatic heterocycles. The normalized spacial score (nSPS) is 19.6. The van der Waals surface area contributed by atoms with E-state index in [1.165, 1.54) is 11.1 Å². The molecule has 1 aliphatic rings. The van der Waals surface area contributed by atoms with E-state index in [0.29, 0.717) is 0 Å². The first-order chi connectivity index (χ1) is 9.58. The highest BCUT2D eigenvalue weighted by atomic mass is 16.2. The highest BCUT2D eigenvalue weighted by Gasteiger charge is 2.20. The fraction of sp³-hybridized carbons (Fsp3) is 0.562. The summed E-state index contributed by atoms with van der Waals surface area (Å²) in [5.74, 6) is 0. The van der Waals surface area contributed by atoms with E-state index in [0.717, 1.165) is 38.2 Å². The van der Waals surface area contributed by atoms with Crippen molar-refractivity contribution >= 4 is 11.7 Å². The maximum atomic E-state index is 12.0. The molecule has 1 aromatic rings. The molecule has 2 N–H and O–H groups in total. The third-order valence-corrected chi connectivity index (χ3v) is 4.05. The Morgan fingerprint density at radius 3 is 2.85 bits per heavy atom. The number of amides is 2. The van der Waals surface area contributed by atoms with Crippen LogP contribution in [0.4, 0.5) is 10.5 Å². The number of anilines is 1. The number of carbonyl (C=O) groups excluding carboxylic acids is 1. The molecule has 1 fully saturated rings. The Balaban J connectivity index is 1.87. The molecule has 0 unspecified atom stereocenters. The van der Waals surface area contributed by atoms with Crippen molar-refractivity contribution in [3.8, 4) is 0 Å². The molecule has 0 aliphatic carbocycles. The zero-order valence-electron chi connectivity index (χ0n) is 12.7. The van der Waals surface area contributed by atoms with Crippen LogP contribution in [-0.4, -0.2) is 36.6 Å². The summed E-state index contributed by atoms with van der Waals surface area (Å²) < 4.78 is 0. The number of hydrogen-bond acceptors (Lipinski definition) is 2. The highest BCUT2D eigenvalue weighted by molar-refractivity contribution is 5.89. The Morgan fingerprint density at radius 2 is 2.15 bits per heavy atom. The molecular formula is C16H25N3O. The van der Waals surface area contributed by atoms with Gasteiger partial charge in [-0.25, -0.2) is 4.79 Å². The van der Waals surface area contributed by atoms with Crippen LogP contribution in [0.5, 0.6) is 0 Å². The van der Waals surface area contributed by atoms with Gasteiger partial charge in [0.2, 0.25) is 0 Å². The van der Waals surface area contributed by atoms with Crippen molar-refractivity contribution in [2.75, 3.05) is 25.0 Å². The van der Waals surface area contributed by atoms with Gasteiger partial charge in [0.25, 0.3) is 0 Å². The number of nitrogens with one attached hydrogen (secondary N) is 2. The van der Waals surface area contributed by atoms with Gasteiger partial charge < -0.3 is 15.5 Å². The van der Waals surface area contributed by atoms with Gasteiger partial charge in [-0.15, -0.1) is 0 Å². The molecule has 2 rings (SSSR count). The van der Waals surface area contributed by atoms with E-state index in [1.807, 2.05) is 18.2 Å². The summed E-state index contributed by atoms with van der Waals surface area (Å²) >= 11 is 0. The number of likely N-dealkylation sites (N-methyl/N-ethyl adjacent to an activating group) is 1. The standard InChI is InChI=1S/C16H25N3O/c1-4-19-9-5-6-15(11-19)18-16(20)17-14-8-7-12(2)13(3)10-14/h7-8,10,15H,4-6,9,11H2,1-3H3,(H2,17,18,20)/t15-/m0/s1. The van der Waals surface area contributed by atoms with Crippen LogP contribution in [0.25, 0.3) is 0 Å². The van der Waals surface area contributed by atoms with Crippen molar-refractivity contribution in [2.45, 2.75) is 39.7 Å². The lowest BCUT2D eigenvalue weighted by Crippen LogP contribution is -2.48. The second kappa shape index (κ2) is 6.75. The molecule has 0 aromatic heterocycles. The third-order valence-electron chi connectivity index (χ3n) is 4.05. The highest BCUT2D eigenvalue weighted by Crippen LogP contribution is 2.14. The summed E-state index contributed by atoms with van der Waals surface area (Å²) in [5.41, 5.74) is 3.29. The lowest BCUT2D eigenvalue weighted by molar-refractivity contribution is 0.196. The van der Waals surface area contributed by atoms with Gasteiger partial charge in [-0.2, -0.15) is 0 Å². The molecular weight excluding hydrogens is 250 g/mol. The fourth-order valence-electron chi connectivity index (χ4n) is 2.63. The number of benzene rings is 1. The van der Waals surface area contributed by atoms with Crippen LogP contribution in [-0.2, 0) is 0 Å². The van der Waals surface area contributed by atoms with Crippen molar-refractivity contribution in [1.82, 2.24) is 10.2 Å². The molecule has 0 bridgehead atoms. The number of aryl methyl sites for hydroxylation is 2. The quantitative estimate of drug-likeness (QED) is 0.891. The minimum absolute atomic E-state index is 0.101. The number of likely N-dealkylation sites (tertiary alicyclic amines) is 1. The predicted molar refractivity (Wildman–Crippen MR) is 83.2 cm³/mol. The first kappa shape index (κ1) is 14.9. The van der Waals surface area contributed by atoms with Gasteiger partial charge in [-0.3, -0.25) is 0 Å². The van der Waals surface area contributed by atoms with Crippen LogP contribution in [0.15, 0.2) is 18.2 Å². The van der Waals surface area contributed by atoms with Crippen LogP contribution in [0.3, 0.4) is 0 Å². The largest absolute Gasteiger partial charge is 0.334 e. The van der Waals surface area contributed by atoms with Crippen molar-refractivity contribution in [3.05, 3.63) is 29.3 Å². The molecule has 4 heteroatoms. The van der Waals surface area contributed by atoms with Crippen LogP contribution < -0.4 is 10.6 Å². The Labute approximate surface area is 121 Å². The van der Waals surface area contributed by atoms with Gasteiger partial charge in [0, 0.05) is 18.3 Å². The first-order valence-electron chi connectivity index (χ1n) is 7.45. The monoisotopic (exact) mass is 275 g/mol. The van der Waals surface area contributed by atoms with E-state index in [1.54, 1.807) is 0 Å². The number of carbonyl (C=O) groups is 1. The second-order valence-electron chi connectivity index (χ2n) is 5.63. The summed E-state index contributed by atoms with van der Waals surface area (Å²) in [7, 11) is 0. The lowest BCUT2D eigenvalue weighted by Gasteiger charge is -2.32.